The van der Waals surface area contributed by atoms with Gasteiger partial charge >= 0.3 is 0 Å². The molecule has 1 N–H and O–H groups in total. The molecule has 170 valence electrons. The number of ether oxygens (including phenoxy) is 1. The molecule has 8 nitrogen and oxygen atoms in total. The number of nitrogens with one attached hydrogen (secondary N) is 1. The number of aromatic nitrogens is 4. The molecule has 4 rings (SSSR count). The van der Waals surface area contributed by atoms with Crippen LogP contribution in [0.15, 0.2) is 70.7 Å². The Morgan fingerprint density at radius 1 is 1.09 bits per heavy atom. The highest BCUT2D eigenvalue weighted by molar-refractivity contribution is 7.99. The van der Waals surface area contributed by atoms with E-state index in [0.29, 0.717) is 41.6 Å². The molecule has 4 aromatic rings. The van der Waals surface area contributed by atoms with Crippen molar-refractivity contribution in [1.29, 1.82) is 0 Å². The maximum Gasteiger partial charge on any atom is 0.282 e. The van der Waals surface area contributed by atoms with Gasteiger partial charge in [-0.3, -0.25) is 18.8 Å². The van der Waals surface area contributed by atoms with E-state index in [1.54, 1.807) is 27.6 Å². The Kier molecular flexibility index (Phi) is 7.09. The van der Waals surface area contributed by atoms with Gasteiger partial charge in [0.15, 0.2) is 10.7 Å². The molecule has 2 aromatic heterocycles. The summed E-state index contributed by atoms with van der Waals surface area (Å²) in [4.78, 5) is 30.5. The number of thioether (sulfide) groups is 1. The molecule has 0 bridgehead atoms. The Bertz CT molecular complexity index is 1300. The standard InChI is InChI=1S/C24H25N5O3S/c1-3-28-15-20-22(27-28)23(31)29(14-17-8-6-5-7-9-17)24(26-20)33-16-21(30)25-18-10-12-19(13-11-18)32-4-2/h5-13,15H,3-4,14,16H2,1-2H3,(H,25,30). The van der Waals surface area contributed by atoms with Gasteiger partial charge in [0.1, 0.15) is 11.3 Å². The van der Waals surface area contributed by atoms with Gasteiger partial charge in [-0.05, 0) is 43.7 Å². The SMILES string of the molecule is CCOc1ccc(NC(=O)CSc2nc3cn(CC)nc3c(=O)n2Cc2ccccc2)cc1. The summed E-state index contributed by atoms with van der Waals surface area (Å²) in [5.41, 5.74) is 2.29. The predicted octanol–water partition coefficient (Wildman–Crippen LogP) is 3.79. The number of hydrogen-bond acceptors (Lipinski definition) is 6. The van der Waals surface area contributed by atoms with E-state index in [2.05, 4.69) is 15.4 Å². The molecule has 0 atom stereocenters. The minimum absolute atomic E-state index is 0.113. The Hall–Kier alpha value is -3.59. The lowest BCUT2D eigenvalue weighted by Crippen LogP contribution is -2.25. The molecule has 0 aliphatic rings. The van der Waals surface area contributed by atoms with Crippen LogP contribution in [0.3, 0.4) is 0 Å². The number of fused-ring (bicyclic) bond motifs is 1. The van der Waals surface area contributed by atoms with Crippen LogP contribution in [-0.4, -0.2) is 37.6 Å². The molecule has 1 amide bonds. The fourth-order valence-corrected chi connectivity index (χ4v) is 4.13. The molecule has 0 aliphatic heterocycles. The van der Waals surface area contributed by atoms with Gasteiger partial charge in [-0.15, -0.1) is 0 Å². The van der Waals surface area contributed by atoms with E-state index in [1.165, 1.54) is 11.8 Å². The second-order valence-corrected chi connectivity index (χ2v) is 8.23. The molecule has 9 heteroatoms. The minimum Gasteiger partial charge on any atom is -0.494 e. The van der Waals surface area contributed by atoms with Crippen LogP contribution in [0.25, 0.3) is 11.0 Å². The van der Waals surface area contributed by atoms with Gasteiger partial charge in [0.05, 0.1) is 25.1 Å². The summed E-state index contributed by atoms with van der Waals surface area (Å²) < 4.78 is 8.70. The molecular formula is C24H25N5O3S. The molecule has 0 saturated heterocycles. The van der Waals surface area contributed by atoms with E-state index in [-0.39, 0.29) is 17.2 Å². The number of aryl methyl sites for hydroxylation is 1. The molecule has 0 unspecified atom stereocenters. The number of nitrogens with zero attached hydrogens (tertiary/aromatic N) is 4. The van der Waals surface area contributed by atoms with Crippen LogP contribution in [0.1, 0.15) is 19.4 Å². The number of benzene rings is 2. The normalized spacial score (nSPS) is 11.0. The summed E-state index contributed by atoms with van der Waals surface area (Å²) in [5.74, 6) is 0.677. The highest BCUT2D eigenvalue weighted by atomic mass is 32.2. The minimum atomic E-state index is -0.217. The highest BCUT2D eigenvalue weighted by Crippen LogP contribution is 2.20. The third-order valence-corrected chi connectivity index (χ3v) is 5.90. The van der Waals surface area contributed by atoms with E-state index < -0.39 is 0 Å². The van der Waals surface area contributed by atoms with Crippen LogP contribution >= 0.6 is 11.8 Å². The van der Waals surface area contributed by atoms with Crippen molar-refractivity contribution in [3.05, 3.63) is 76.7 Å². The van der Waals surface area contributed by atoms with Gasteiger partial charge in [-0.1, -0.05) is 42.1 Å². The molecule has 2 aromatic carbocycles. The second-order valence-electron chi connectivity index (χ2n) is 7.28. The number of amides is 1. The van der Waals surface area contributed by atoms with Gasteiger partial charge in [-0.25, -0.2) is 4.98 Å². The van der Waals surface area contributed by atoms with Crippen LogP contribution < -0.4 is 15.6 Å². The molecule has 2 heterocycles. The Morgan fingerprint density at radius 3 is 2.55 bits per heavy atom. The van der Waals surface area contributed by atoms with Gasteiger partial charge in [0.2, 0.25) is 5.91 Å². The summed E-state index contributed by atoms with van der Waals surface area (Å²) >= 11 is 1.23. The number of carbonyl (C=O) groups excluding carboxylic acids is 1. The Morgan fingerprint density at radius 2 is 1.85 bits per heavy atom. The van der Waals surface area contributed by atoms with Crippen molar-refractivity contribution in [3.63, 3.8) is 0 Å². The predicted molar refractivity (Wildman–Crippen MR) is 130 cm³/mol. The fraction of sp³-hybridized carbons (Fsp3) is 0.250. The third kappa shape index (κ3) is 5.43. The van der Waals surface area contributed by atoms with E-state index in [4.69, 9.17) is 4.74 Å². The average Bonchev–Trinajstić information content (AvgIpc) is 3.25. The highest BCUT2D eigenvalue weighted by Gasteiger charge is 2.16. The molecule has 0 spiro atoms. The van der Waals surface area contributed by atoms with Crippen LogP contribution in [-0.2, 0) is 17.9 Å². The van der Waals surface area contributed by atoms with Crippen molar-refractivity contribution in [2.75, 3.05) is 17.7 Å². The van der Waals surface area contributed by atoms with E-state index >= 15 is 0 Å². The topological polar surface area (TPSA) is 91.0 Å². The van der Waals surface area contributed by atoms with E-state index in [1.807, 2.05) is 56.3 Å². The zero-order chi connectivity index (χ0) is 23.2. The van der Waals surface area contributed by atoms with Crippen molar-refractivity contribution < 1.29 is 9.53 Å². The Labute approximate surface area is 195 Å². The summed E-state index contributed by atoms with van der Waals surface area (Å²) in [6.45, 7) is 5.45. The number of hydrogen-bond donors (Lipinski definition) is 1. The van der Waals surface area contributed by atoms with Crippen molar-refractivity contribution in [3.8, 4) is 5.75 Å². The van der Waals surface area contributed by atoms with Crippen LogP contribution in [0, 0.1) is 0 Å². The van der Waals surface area contributed by atoms with Crippen LogP contribution in [0.2, 0.25) is 0 Å². The third-order valence-electron chi connectivity index (χ3n) is 4.93. The Balaban J connectivity index is 1.55. The molecule has 33 heavy (non-hydrogen) atoms. The lowest BCUT2D eigenvalue weighted by atomic mass is 10.2. The first-order valence-corrected chi connectivity index (χ1v) is 11.7. The zero-order valence-electron chi connectivity index (χ0n) is 18.5. The monoisotopic (exact) mass is 463 g/mol. The van der Waals surface area contributed by atoms with Crippen molar-refractivity contribution in [2.45, 2.75) is 32.1 Å². The van der Waals surface area contributed by atoms with Gasteiger partial charge in [0.25, 0.3) is 5.56 Å². The van der Waals surface area contributed by atoms with Gasteiger partial charge < -0.3 is 10.1 Å². The maximum atomic E-state index is 13.2. The number of carbonyl (C=O) groups is 1. The largest absolute Gasteiger partial charge is 0.494 e. The smallest absolute Gasteiger partial charge is 0.282 e. The fourth-order valence-electron chi connectivity index (χ4n) is 3.33. The average molecular weight is 464 g/mol. The van der Waals surface area contributed by atoms with E-state index in [9.17, 15) is 9.59 Å². The first kappa shape index (κ1) is 22.6. The van der Waals surface area contributed by atoms with Crippen molar-refractivity contribution in [1.82, 2.24) is 19.3 Å². The van der Waals surface area contributed by atoms with Crippen LogP contribution in [0.4, 0.5) is 5.69 Å². The second kappa shape index (κ2) is 10.4. The van der Waals surface area contributed by atoms with Crippen molar-refractivity contribution in [2.24, 2.45) is 0 Å². The first-order valence-electron chi connectivity index (χ1n) is 10.7. The molecule has 0 saturated carbocycles. The van der Waals surface area contributed by atoms with Gasteiger partial charge in [0, 0.05) is 12.2 Å². The summed E-state index contributed by atoms with van der Waals surface area (Å²) in [5, 5.41) is 7.72. The van der Waals surface area contributed by atoms with Crippen molar-refractivity contribution >= 4 is 34.4 Å². The summed E-state index contributed by atoms with van der Waals surface area (Å²) in [6.07, 6.45) is 1.76. The summed E-state index contributed by atoms with van der Waals surface area (Å²) in [7, 11) is 0. The molecular weight excluding hydrogens is 438 g/mol. The van der Waals surface area contributed by atoms with Crippen LogP contribution in [0.5, 0.6) is 5.75 Å². The molecule has 0 aliphatic carbocycles. The zero-order valence-corrected chi connectivity index (χ0v) is 19.3. The lowest BCUT2D eigenvalue weighted by Gasteiger charge is -2.12. The number of rotatable bonds is 9. The molecule has 0 radical (unpaired) electrons. The molecule has 0 fully saturated rings. The number of anilines is 1. The van der Waals surface area contributed by atoms with Gasteiger partial charge in [-0.2, -0.15) is 5.10 Å². The lowest BCUT2D eigenvalue weighted by molar-refractivity contribution is -0.113. The quantitative estimate of drug-likeness (QED) is 0.300. The first-order chi connectivity index (χ1) is 16.1. The maximum absolute atomic E-state index is 13.2. The van der Waals surface area contributed by atoms with E-state index in [0.717, 1.165) is 11.3 Å². The summed E-state index contributed by atoms with van der Waals surface area (Å²) in [6, 6.07) is 16.9.